The number of carbonyl (C=O) groups excluding carboxylic acids is 1. The van der Waals surface area contributed by atoms with Crippen LogP contribution in [0.4, 0.5) is 0 Å². The Balaban J connectivity index is 1.71. The van der Waals surface area contributed by atoms with E-state index in [0.717, 1.165) is 30.6 Å². The van der Waals surface area contributed by atoms with Crippen LogP contribution in [0.15, 0.2) is 16.7 Å². The van der Waals surface area contributed by atoms with E-state index in [9.17, 15) is 14.7 Å². The molecule has 1 aromatic heterocycles. The van der Waals surface area contributed by atoms with Crippen molar-refractivity contribution in [3.63, 3.8) is 0 Å². The summed E-state index contributed by atoms with van der Waals surface area (Å²) >= 11 is 0. The molecule has 3 rings (SSSR count). The molecule has 1 heterocycles. The van der Waals surface area contributed by atoms with Gasteiger partial charge in [0.05, 0.1) is 24.1 Å². The second kappa shape index (κ2) is 5.54. The number of aryl methyl sites for hydroxylation is 1. The van der Waals surface area contributed by atoms with E-state index in [1.165, 1.54) is 0 Å². The van der Waals surface area contributed by atoms with Gasteiger partial charge in [-0.3, -0.25) is 9.59 Å². The molecule has 5 nitrogen and oxygen atoms in total. The predicted molar refractivity (Wildman–Crippen MR) is 75.5 cm³/mol. The first-order valence-corrected chi connectivity index (χ1v) is 7.65. The minimum atomic E-state index is -0.854. The Labute approximate surface area is 123 Å². The molecule has 21 heavy (non-hydrogen) atoms. The minimum absolute atomic E-state index is 0.0367. The highest BCUT2D eigenvalue weighted by molar-refractivity contribution is 5.85. The first-order valence-electron chi connectivity index (χ1n) is 7.65. The second-order valence-corrected chi connectivity index (χ2v) is 6.38. The Kier molecular flexibility index (Phi) is 3.74. The molecule has 0 spiro atoms. The lowest BCUT2D eigenvalue weighted by Crippen LogP contribution is -2.38. The van der Waals surface area contributed by atoms with Crippen molar-refractivity contribution >= 4 is 11.9 Å². The third-order valence-corrected chi connectivity index (χ3v) is 4.82. The van der Waals surface area contributed by atoms with Gasteiger partial charge in [-0.2, -0.15) is 0 Å². The molecule has 0 aromatic carbocycles. The van der Waals surface area contributed by atoms with E-state index in [1.54, 1.807) is 6.26 Å². The summed E-state index contributed by atoms with van der Waals surface area (Å²) in [6, 6.07) is 1.87. The van der Waals surface area contributed by atoms with Crippen molar-refractivity contribution in [3.8, 4) is 0 Å². The van der Waals surface area contributed by atoms with Gasteiger partial charge in [0.1, 0.15) is 5.76 Å². The van der Waals surface area contributed by atoms with E-state index < -0.39 is 17.8 Å². The molecule has 0 saturated heterocycles. The molecule has 2 aliphatic carbocycles. The number of carbonyl (C=O) groups is 2. The number of rotatable bonds is 3. The highest BCUT2D eigenvalue weighted by atomic mass is 16.4. The van der Waals surface area contributed by atoms with Crippen LogP contribution in [0.3, 0.4) is 0 Å². The topological polar surface area (TPSA) is 79.5 Å². The Morgan fingerprint density at radius 1 is 1.33 bits per heavy atom. The van der Waals surface area contributed by atoms with Crippen LogP contribution in [0.5, 0.6) is 0 Å². The second-order valence-electron chi connectivity index (χ2n) is 6.38. The number of hydrogen-bond donors (Lipinski definition) is 2. The molecule has 4 atom stereocenters. The summed E-state index contributed by atoms with van der Waals surface area (Å²) < 4.78 is 5.42. The lowest BCUT2D eigenvalue weighted by molar-refractivity contribution is -0.146. The molecule has 0 bridgehead atoms. The van der Waals surface area contributed by atoms with Crippen LogP contribution in [0.1, 0.15) is 50.0 Å². The van der Waals surface area contributed by atoms with Crippen molar-refractivity contribution in [3.05, 3.63) is 23.7 Å². The zero-order chi connectivity index (χ0) is 15.0. The summed E-state index contributed by atoms with van der Waals surface area (Å²) in [4.78, 5) is 23.8. The fourth-order valence-electron chi connectivity index (χ4n) is 3.77. The van der Waals surface area contributed by atoms with Gasteiger partial charge in [-0.25, -0.2) is 0 Å². The zero-order valence-electron chi connectivity index (χ0n) is 12.2. The number of fused-ring (bicyclic) bond motifs is 1. The van der Waals surface area contributed by atoms with Gasteiger partial charge in [0.25, 0.3) is 0 Å². The van der Waals surface area contributed by atoms with Gasteiger partial charge in [0, 0.05) is 12.0 Å². The Hall–Kier alpha value is -1.78. The number of hydrogen-bond acceptors (Lipinski definition) is 3. The third kappa shape index (κ3) is 2.69. The zero-order valence-corrected chi connectivity index (χ0v) is 12.2. The maximum absolute atomic E-state index is 12.5. The Morgan fingerprint density at radius 2 is 2.10 bits per heavy atom. The lowest BCUT2D eigenvalue weighted by Gasteiger charge is -2.25. The molecule has 1 amide bonds. The van der Waals surface area contributed by atoms with Gasteiger partial charge in [-0.1, -0.05) is 6.92 Å². The van der Waals surface area contributed by atoms with E-state index in [-0.39, 0.29) is 17.9 Å². The SMILES string of the molecule is CC1CC(C(=O)O)C(C(=O)NC2CCCc3occc32)C1. The van der Waals surface area contributed by atoms with Gasteiger partial charge >= 0.3 is 5.97 Å². The molecule has 0 radical (unpaired) electrons. The molecule has 1 fully saturated rings. The van der Waals surface area contributed by atoms with E-state index in [0.29, 0.717) is 12.8 Å². The maximum atomic E-state index is 12.5. The standard InChI is InChI=1S/C16H21NO4/c1-9-7-11(12(8-9)16(19)20)15(18)17-13-3-2-4-14-10(13)5-6-21-14/h5-6,9,11-13H,2-4,7-8H2,1H3,(H,17,18)(H,19,20). The van der Waals surface area contributed by atoms with Crippen molar-refractivity contribution in [1.82, 2.24) is 5.32 Å². The molecular weight excluding hydrogens is 270 g/mol. The third-order valence-electron chi connectivity index (χ3n) is 4.82. The summed E-state index contributed by atoms with van der Waals surface area (Å²) in [5.74, 6) is -0.695. The van der Waals surface area contributed by atoms with Crippen LogP contribution in [0.25, 0.3) is 0 Å². The van der Waals surface area contributed by atoms with Gasteiger partial charge in [0.2, 0.25) is 5.91 Å². The number of nitrogens with one attached hydrogen (secondary N) is 1. The summed E-state index contributed by atoms with van der Waals surface area (Å²) in [5.41, 5.74) is 1.05. The fraction of sp³-hybridized carbons (Fsp3) is 0.625. The molecule has 2 N–H and O–H groups in total. The summed E-state index contributed by atoms with van der Waals surface area (Å²) in [6.07, 6.45) is 5.69. The van der Waals surface area contributed by atoms with Crippen molar-refractivity contribution in [1.29, 1.82) is 0 Å². The summed E-state index contributed by atoms with van der Waals surface area (Å²) in [5, 5.41) is 12.3. The number of carboxylic acid groups (broad SMARTS) is 1. The van der Waals surface area contributed by atoms with E-state index in [4.69, 9.17) is 4.42 Å². The molecule has 1 aromatic rings. The smallest absolute Gasteiger partial charge is 0.307 e. The molecule has 5 heteroatoms. The number of furan rings is 1. The quantitative estimate of drug-likeness (QED) is 0.896. The van der Waals surface area contributed by atoms with Crippen LogP contribution < -0.4 is 5.32 Å². The average molecular weight is 291 g/mol. The molecule has 0 aliphatic heterocycles. The van der Waals surface area contributed by atoms with Gasteiger partial charge < -0.3 is 14.8 Å². The largest absolute Gasteiger partial charge is 0.481 e. The fourth-order valence-corrected chi connectivity index (χ4v) is 3.77. The van der Waals surface area contributed by atoms with Gasteiger partial charge in [-0.15, -0.1) is 0 Å². The summed E-state index contributed by atoms with van der Waals surface area (Å²) in [7, 11) is 0. The molecule has 114 valence electrons. The Morgan fingerprint density at radius 3 is 2.86 bits per heavy atom. The van der Waals surface area contributed by atoms with Crippen LogP contribution in [-0.2, 0) is 16.0 Å². The normalized spacial score (nSPS) is 31.7. The van der Waals surface area contributed by atoms with Crippen LogP contribution in [-0.4, -0.2) is 17.0 Å². The number of amides is 1. The molecular formula is C16H21NO4. The first-order chi connectivity index (χ1) is 10.1. The number of carboxylic acids is 1. The summed E-state index contributed by atoms with van der Waals surface area (Å²) in [6.45, 7) is 2.01. The van der Waals surface area contributed by atoms with Gasteiger partial charge in [0.15, 0.2) is 0 Å². The van der Waals surface area contributed by atoms with E-state index in [1.807, 2.05) is 13.0 Å². The van der Waals surface area contributed by atoms with Crippen LogP contribution in [0, 0.1) is 17.8 Å². The lowest BCUT2D eigenvalue weighted by atomic mass is 9.91. The predicted octanol–water partition coefficient (Wildman–Crippen LogP) is 2.52. The maximum Gasteiger partial charge on any atom is 0.307 e. The number of aliphatic carboxylic acids is 1. The molecule has 1 saturated carbocycles. The van der Waals surface area contributed by atoms with Crippen molar-refractivity contribution in [2.75, 3.05) is 0 Å². The van der Waals surface area contributed by atoms with E-state index >= 15 is 0 Å². The van der Waals surface area contributed by atoms with Crippen LogP contribution in [0.2, 0.25) is 0 Å². The molecule has 4 unspecified atom stereocenters. The Bertz CT molecular complexity index is 550. The highest BCUT2D eigenvalue weighted by Gasteiger charge is 2.42. The van der Waals surface area contributed by atoms with Crippen molar-refractivity contribution in [2.24, 2.45) is 17.8 Å². The molecule has 2 aliphatic rings. The highest BCUT2D eigenvalue weighted by Crippen LogP contribution is 2.38. The monoisotopic (exact) mass is 291 g/mol. The van der Waals surface area contributed by atoms with Crippen molar-refractivity contribution < 1.29 is 19.1 Å². The average Bonchev–Trinajstić information content (AvgIpc) is 3.05. The van der Waals surface area contributed by atoms with Gasteiger partial charge in [-0.05, 0) is 37.7 Å². The van der Waals surface area contributed by atoms with E-state index in [2.05, 4.69) is 5.32 Å². The first kappa shape index (κ1) is 14.2. The minimum Gasteiger partial charge on any atom is -0.481 e. The van der Waals surface area contributed by atoms with Crippen LogP contribution >= 0.6 is 0 Å². The van der Waals surface area contributed by atoms with Crippen molar-refractivity contribution in [2.45, 2.75) is 45.1 Å².